The van der Waals surface area contributed by atoms with Gasteiger partial charge >= 0.3 is 5.97 Å². The molecule has 0 aromatic heterocycles. The van der Waals surface area contributed by atoms with Gasteiger partial charge in [0.05, 0.1) is 7.11 Å². The number of thioether (sulfide) groups is 1. The Morgan fingerprint density at radius 3 is 2.17 bits per heavy atom. The van der Waals surface area contributed by atoms with Crippen molar-refractivity contribution in [3.05, 3.63) is 48.5 Å². The van der Waals surface area contributed by atoms with Crippen LogP contribution in [0.3, 0.4) is 0 Å². The lowest BCUT2D eigenvalue weighted by atomic mass is 10.1. The van der Waals surface area contributed by atoms with E-state index in [1.165, 1.54) is 29.5 Å². The summed E-state index contributed by atoms with van der Waals surface area (Å²) in [5, 5.41) is -0.418. The van der Waals surface area contributed by atoms with Crippen LogP contribution in [0.15, 0.2) is 53.4 Å². The number of ether oxygens (including phenoxy) is 1. The smallest absolute Gasteiger partial charge is 0.321 e. The molecule has 0 saturated heterocycles. The summed E-state index contributed by atoms with van der Waals surface area (Å²) in [5.74, 6) is -0.324. The fourth-order valence-electron chi connectivity index (χ4n) is 1.98. The molecule has 0 fully saturated rings. The lowest BCUT2D eigenvalue weighted by Crippen LogP contribution is -2.28. The molecule has 0 radical (unpaired) electrons. The molecular formula is C17H20N2O2S2. The van der Waals surface area contributed by atoms with Gasteiger partial charge in [-0.2, -0.15) is 0 Å². The molecule has 0 spiro atoms. The van der Waals surface area contributed by atoms with Crippen molar-refractivity contribution in [3.8, 4) is 11.1 Å². The minimum Gasteiger partial charge on any atom is -0.468 e. The van der Waals surface area contributed by atoms with E-state index in [9.17, 15) is 4.79 Å². The topological polar surface area (TPSA) is 64.3 Å². The van der Waals surface area contributed by atoms with E-state index in [-0.39, 0.29) is 12.5 Å². The normalized spacial score (nSPS) is 11.8. The van der Waals surface area contributed by atoms with Crippen LogP contribution in [-0.2, 0) is 9.53 Å². The van der Waals surface area contributed by atoms with Gasteiger partial charge in [0, 0.05) is 17.1 Å². The zero-order valence-electron chi connectivity index (χ0n) is 13.1. The lowest BCUT2D eigenvalue weighted by molar-refractivity contribution is -0.139. The van der Waals surface area contributed by atoms with Crippen LogP contribution in [0.2, 0.25) is 0 Å². The Hall–Kier alpha value is -1.63. The second kappa shape index (κ2) is 8.86. The Morgan fingerprint density at radius 1 is 1.13 bits per heavy atom. The Kier molecular flexibility index (Phi) is 6.83. The SMILES string of the molecule is COC(=O)C(CN)SNc1ccc(-c2ccc(SC)cc2)cc1. The van der Waals surface area contributed by atoms with E-state index in [1.54, 1.807) is 11.8 Å². The molecule has 0 amide bonds. The highest BCUT2D eigenvalue weighted by Crippen LogP contribution is 2.25. The molecule has 0 aliphatic rings. The van der Waals surface area contributed by atoms with Gasteiger partial charge in [-0.15, -0.1) is 11.8 Å². The second-order valence-corrected chi connectivity index (χ2v) is 6.66. The summed E-state index contributed by atoms with van der Waals surface area (Å²) in [4.78, 5) is 12.7. The largest absolute Gasteiger partial charge is 0.468 e. The van der Waals surface area contributed by atoms with Crippen LogP contribution in [0, 0.1) is 0 Å². The number of benzene rings is 2. The molecule has 0 aliphatic heterocycles. The van der Waals surface area contributed by atoms with Crippen LogP contribution in [0.4, 0.5) is 5.69 Å². The third kappa shape index (κ3) is 4.92. The summed E-state index contributed by atoms with van der Waals surface area (Å²) < 4.78 is 7.85. The summed E-state index contributed by atoms with van der Waals surface area (Å²) in [6.45, 7) is 0.226. The van der Waals surface area contributed by atoms with Crippen LogP contribution < -0.4 is 10.5 Å². The van der Waals surface area contributed by atoms with Crippen LogP contribution in [0.1, 0.15) is 0 Å². The number of nitrogens with two attached hydrogens (primary N) is 1. The molecule has 2 rings (SSSR count). The van der Waals surface area contributed by atoms with E-state index >= 15 is 0 Å². The first-order chi connectivity index (χ1) is 11.2. The predicted octanol–water partition coefficient (Wildman–Crippen LogP) is 3.64. The average molecular weight is 348 g/mol. The van der Waals surface area contributed by atoms with E-state index < -0.39 is 5.25 Å². The molecule has 0 saturated carbocycles. The standard InChI is InChI=1S/C17H20N2O2S2/c1-21-17(20)16(11-18)23-19-14-7-3-12(4-8-14)13-5-9-15(22-2)10-6-13/h3-10,16,19H,11,18H2,1-2H3. The number of anilines is 1. The van der Waals surface area contributed by atoms with Crippen molar-refractivity contribution in [1.29, 1.82) is 0 Å². The van der Waals surface area contributed by atoms with Gasteiger partial charge in [-0.05, 0) is 53.6 Å². The van der Waals surface area contributed by atoms with Gasteiger partial charge in [0.1, 0.15) is 5.25 Å². The van der Waals surface area contributed by atoms with Gasteiger partial charge in [0.2, 0.25) is 0 Å². The molecular weight excluding hydrogens is 328 g/mol. The quantitative estimate of drug-likeness (QED) is 0.452. The van der Waals surface area contributed by atoms with Gasteiger partial charge in [0.15, 0.2) is 0 Å². The molecule has 122 valence electrons. The third-order valence-electron chi connectivity index (χ3n) is 3.31. The second-order valence-electron chi connectivity index (χ2n) is 4.77. The highest BCUT2D eigenvalue weighted by Gasteiger charge is 2.18. The highest BCUT2D eigenvalue weighted by molar-refractivity contribution is 8.01. The van der Waals surface area contributed by atoms with Crippen molar-refractivity contribution in [1.82, 2.24) is 0 Å². The molecule has 3 N–H and O–H groups in total. The maximum Gasteiger partial charge on any atom is 0.321 e. The number of nitrogens with one attached hydrogen (secondary N) is 1. The van der Waals surface area contributed by atoms with Gasteiger partial charge in [-0.3, -0.25) is 4.79 Å². The van der Waals surface area contributed by atoms with Crippen LogP contribution >= 0.6 is 23.7 Å². The Balaban J connectivity index is 2.00. The first-order valence-electron chi connectivity index (χ1n) is 7.12. The number of carbonyl (C=O) groups is 1. The molecule has 2 aromatic carbocycles. The molecule has 1 unspecified atom stereocenters. The molecule has 23 heavy (non-hydrogen) atoms. The fraction of sp³-hybridized carbons (Fsp3) is 0.235. The van der Waals surface area contributed by atoms with E-state index in [2.05, 4.69) is 35.2 Å². The van der Waals surface area contributed by atoms with Crippen molar-refractivity contribution >= 4 is 35.4 Å². The third-order valence-corrected chi connectivity index (χ3v) is 5.07. The van der Waals surface area contributed by atoms with E-state index in [1.807, 2.05) is 24.3 Å². The van der Waals surface area contributed by atoms with Crippen molar-refractivity contribution < 1.29 is 9.53 Å². The maximum atomic E-state index is 11.5. The predicted molar refractivity (Wildman–Crippen MR) is 99.7 cm³/mol. The van der Waals surface area contributed by atoms with Gasteiger partial charge in [-0.25, -0.2) is 0 Å². The van der Waals surface area contributed by atoms with Gasteiger partial charge in [-0.1, -0.05) is 24.3 Å². The lowest BCUT2D eigenvalue weighted by Gasteiger charge is -2.13. The molecule has 6 heteroatoms. The summed E-state index contributed by atoms with van der Waals surface area (Å²) in [7, 11) is 1.36. The number of hydrogen-bond donors (Lipinski definition) is 2. The number of rotatable bonds is 7. The van der Waals surface area contributed by atoms with Crippen molar-refractivity contribution in [2.75, 3.05) is 24.6 Å². The van der Waals surface area contributed by atoms with E-state index in [0.29, 0.717) is 0 Å². The van der Waals surface area contributed by atoms with Crippen LogP contribution in [0.25, 0.3) is 11.1 Å². The number of hydrogen-bond acceptors (Lipinski definition) is 6. The monoisotopic (exact) mass is 348 g/mol. The molecule has 0 heterocycles. The number of methoxy groups -OCH3 is 1. The van der Waals surface area contributed by atoms with Gasteiger partial charge < -0.3 is 15.2 Å². The Bertz CT molecular complexity index is 630. The minimum absolute atomic E-state index is 0.226. The van der Waals surface area contributed by atoms with Crippen molar-refractivity contribution in [3.63, 3.8) is 0 Å². The summed E-state index contributed by atoms with van der Waals surface area (Å²) >= 11 is 2.99. The molecule has 1 atom stereocenters. The molecule has 0 bridgehead atoms. The van der Waals surface area contributed by atoms with Crippen LogP contribution in [-0.4, -0.2) is 31.1 Å². The van der Waals surface area contributed by atoms with Gasteiger partial charge in [0.25, 0.3) is 0 Å². The zero-order chi connectivity index (χ0) is 16.7. The fourth-order valence-corrected chi connectivity index (χ4v) is 3.09. The maximum absolute atomic E-state index is 11.5. The summed E-state index contributed by atoms with van der Waals surface area (Å²) in [5.41, 5.74) is 8.82. The molecule has 2 aromatic rings. The van der Waals surface area contributed by atoms with E-state index in [4.69, 9.17) is 10.5 Å². The summed E-state index contributed by atoms with van der Waals surface area (Å²) in [6, 6.07) is 16.5. The highest BCUT2D eigenvalue weighted by atomic mass is 32.2. The first-order valence-corrected chi connectivity index (χ1v) is 9.22. The van der Waals surface area contributed by atoms with Crippen molar-refractivity contribution in [2.45, 2.75) is 10.1 Å². The average Bonchev–Trinajstić information content (AvgIpc) is 2.62. The summed E-state index contributed by atoms with van der Waals surface area (Å²) in [6.07, 6.45) is 2.07. The molecule has 0 aliphatic carbocycles. The minimum atomic E-state index is -0.418. The van der Waals surface area contributed by atoms with Crippen molar-refractivity contribution in [2.24, 2.45) is 5.73 Å². The number of carbonyl (C=O) groups excluding carboxylic acids is 1. The first kappa shape index (κ1) is 17.7. The number of esters is 1. The van der Waals surface area contributed by atoms with E-state index in [0.717, 1.165) is 11.3 Å². The molecule has 4 nitrogen and oxygen atoms in total. The zero-order valence-corrected chi connectivity index (χ0v) is 14.7. The Morgan fingerprint density at radius 2 is 1.70 bits per heavy atom. The van der Waals surface area contributed by atoms with Crippen LogP contribution in [0.5, 0.6) is 0 Å². The Labute approximate surface area is 145 Å².